The molecule has 2 aromatic heterocycles. The van der Waals surface area contributed by atoms with Crippen molar-refractivity contribution < 1.29 is 4.42 Å². The van der Waals surface area contributed by atoms with E-state index in [1.807, 2.05) is 12.3 Å². The van der Waals surface area contributed by atoms with Gasteiger partial charge in [0, 0.05) is 6.20 Å². The van der Waals surface area contributed by atoms with Gasteiger partial charge in [-0.25, -0.2) is 0 Å². The summed E-state index contributed by atoms with van der Waals surface area (Å²) in [7, 11) is 0. The molecule has 0 saturated heterocycles. The maximum absolute atomic E-state index is 9.36. The summed E-state index contributed by atoms with van der Waals surface area (Å²) in [6.45, 7) is 0. The number of hydrogen-bond acceptors (Lipinski definition) is 3. The van der Waals surface area contributed by atoms with Crippen molar-refractivity contribution in [2.24, 2.45) is 0 Å². The Bertz CT molecular complexity index is 1740. The fraction of sp³-hybridized carbons (Fsp3) is 0.103. The monoisotopic (exact) mass is 540 g/mol. The molecule has 0 aliphatic heterocycles. The normalized spacial score (nSPS) is 12.0. The van der Waals surface area contributed by atoms with E-state index in [1.54, 1.807) is 6.20 Å². The second-order valence-electron chi connectivity index (χ2n) is 8.56. The molecule has 160 valence electrons. The molecule has 0 N–H and O–H groups in total. The maximum atomic E-state index is 9.36. The molecule has 0 bridgehead atoms. The summed E-state index contributed by atoms with van der Waals surface area (Å²) in [6.07, 6.45) is 3.41. The Kier molecular flexibility index (Phi) is 4.81. The van der Waals surface area contributed by atoms with E-state index >= 15 is 0 Å². The summed E-state index contributed by atoms with van der Waals surface area (Å²) in [5.74, 6) is 0. The van der Waals surface area contributed by atoms with Crippen LogP contribution in [0.5, 0.6) is 0 Å². The van der Waals surface area contributed by atoms with E-state index in [0.717, 1.165) is 38.5 Å². The molecule has 0 atom stereocenters. The van der Waals surface area contributed by atoms with E-state index in [2.05, 4.69) is 81.6 Å². The fourth-order valence-electron chi connectivity index (χ4n) is 4.78. The van der Waals surface area contributed by atoms with Crippen LogP contribution in [0.25, 0.3) is 54.6 Å². The zero-order valence-corrected chi connectivity index (χ0v) is 20.6. The predicted molar refractivity (Wildman–Crippen MR) is 146 cm³/mol. The van der Waals surface area contributed by atoms with Gasteiger partial charge in [-0.2, -0.15) is 5.26 Å². The molecule has 0 radical (unpaired) electrons. The fourth-order valence-corrected chi connectivity index (χ4v) is 7.01. The Morgan fingerprint density at radius 1 is 0.848 bits per heavy atom. The van der Waals surface area contributed by atoms with Gasteiger partial charge in [-0.3, -0.25) is 0 Å². The molecule has 0 amide bonds. The van der Waals surface area contributed by atoms with E-state index in [1.165, 1.54) is 26.1 Å². The molecule has 6 aromatic rings. The van der Waals surface area contributed by atoms with Crippen molar-refractivity contribution in [3.63, 3.8) is 0 Å². The molecule has 0 saturated carbocycles. The second-order valence-corrected chi connectivity index (χ2v) is 14.5. The number of halogens is 1. The Labute approximate surface area is 199 Å². The van der Waals surface area contributed by atoms with E-state index < -0.39 is 19.8 Å². The number of aromatic nitrogens is 1. The van der Waals surface area contributed by atoms with Crippen LogP contribution in [0.1, 0.15) is 11.1 Å². The number of benzene rings is 4. The molecule has 0 unspecified atom stereocenters. The molecule has 0 spiro atoms. The summed E-state index contributed by atoms with van der Waals surface area (Å²) in [5, 5.41) is 16.5. The number of pyridine rings is 1. The van der Waals surface area contributed by atoms with Gasteiger partial charge in [-0.15, -0.1) is 0 Å². The molecule has 3 nitrogen and oxygen atoms in total. The van der Waals surface area contributed by atoms with Crippen LogP contribution in [-0.2, 0) is 4.43 Å². The number of rotatable bonds is 3. The summed E-state index contributed by atoms with van der Waals surface area (Å²) in [6, 6.07) is 25.8. The van der Waals surface area contributed by atoms with Crippen LogP contribution in [0.4, 0.5) is 0 Å². The van der Waals surface area contributed by atoms with Gasteiger partial charge in [-0.05, 0) is 0 Å². The van der Waals surface area contributed by atoms with Gasteiger partial charge in [0.2, 0.25) is 0 Å². The SMILES string of the molecule is CI(C)Cc1ccc2ccc3oc4cc(-c5cncc(C#N)c5)c5ccccc5c4c3c2c1. The van der Waals surface area contributed by atoms with Crippen molar-refractivity contribution in [2.75, 3.05) is 9.86 Å². The first-order valence-electron chi connectivity index (χ1n) is 10.7. The number of furan rings is 1. The molecule has 2 heterocycles. The third kappa shape index (κ3) is 3.35. The van der Waals surface area contributed by atoms with Crippen LogP contribution in [0.2, 0.25) is 0 Å². The number of nitrogens with zero attached hydrogens (tertiary/aromatic N) is 2. The Morgan fingerprint density at radius 3 is 2.45 bits per heavy atom. The van der Waals surface area contributed by atoms with Crippen LogP contribution in [-0.4, -0.2) is 14.8 Å². The first-order chi connectivity index (χ1) is 16.1. The molecule has 0 aliphatic carbocycles. The Balaban J connectivity index is 1.74. The van der Waals surface area contributed by atoms with Crippen LogP contribution >= 0.6 is 19.8 Å². The standard InChI is InChI=1S/C29H21IN2O/c1-30(2)14-18-7-8-20-9-10-26-29(25(20)12-18)28-23-6-4-3-5-22(23)24(13-27(28)33-26)21-11-19(15-31)16-32-17-21/h3-13,16-17H,14H2,1-2H3. The number of fused-ring (bicyclic) bond motifs is 7. The van der Waals surface area contributed by atoms with Gasteiger partial charge in [0.05, 0.1) is 0 Å². The van der Waals surface area contributed by atoms with Gasteiger partial charge in [-0.1, -0.05) is 0 Å². The van der Waals surface area contributed by atoms with Crippen LogP contribution in [0.15, 0.2) is 83.5 Å². The third-order valence-corrected chi connectivity index (χ3v) is 8.53. The minimum absolute atomic E-state index is 0.550. The van der Waals surface area contributed by atoms with E-state index in [9.17, 15) is 5.26 Å². The van der Waals surface area contributed by atoms with Crippen molar-refractivity contribution in [3.8, 4) is 17.2 Å². The molecule has 4 heteroatoms. The van der Waals surface area contributed by atoms with E-state index in [4.69, 9.17) is 4.42 Å². The first kappa shape index (κ1) is 20.2. The average molecular weight is 540 g/mol. The molecule has 6 rings (SSSR count). The van der Waals surface area contributed by atoms with Crippen molar-refractivity contribution in [1.29, 1.82) is 5.26 Å². The van der Waals surface area contributed by atoms with E-state index in [-0.39, 0.29) is 0 Å². The quantitative estimate of drug-likeness (QED) is 0.168. The number of hydrogen-bond donors (Lipinski definition) is 0. The van der Waals surface area contributed by atoms with Crippen molar-refractivity contribution in [3.05, 3.63) is 90.3 Å². The zero-order chi connectivity index (χ0) is 22.5. The topological polar surface area (TPSA) is 49.8 Å². The van der Waals surface area contributed by atoms with Crippen molar-refractivity contribution in [2.45, 2.75) is 4.43 Å². The molecule has 4 aromatic carbocycles. The van der Waals surface area contributed by atoms with Gasteiger partial charge >= 0.3 is 182 Å². The molecular formula is C29H21IN2O. The van der Waals surface area contributed by atoms with Crippen molar-refractivity contribution >= 4 is 63.3 Å². The van der Waals surface area contributed by atoms with Gasteiger partial charge in [0.15, 0.2) is 0 Å². The summed E-state index contributed by atoms with van der Waals surface area (Å²) < 4.78 is 7.64. The molecule has 0 aliphatic rings. The van der Waals surface area contributed by atoms with Crippen molar-refractivity contribution in [1.82, 2.24) is 4.98 Å². The summed E-state index contributed by atoms with van der Waals surface area (Å²) in [5.41, 5.74) is 5.68. The summed E-state index contributed by atoms with van der Waals surface area (Å²) in [4.78, 5) is 9.11. The Hall–Kier alpha value is -3.43. The summed E-state index contributed by atoms with van der Waals surface area (Å²) >= 11 is -0.884. The molecule has 33 heavy (non-hydrogen) atoms. The second kappa shape index (κ2) is 7.86. The van der Waals surface area contributed by atoms with Crippen LogP contribution in [0, 0.1) is 11.3 Å². The Morgan fingerprint density at radius 2 is 1.64 bits per heavy atom. The van der Waals surface area contributed by atoms with Gasteiger partial charge in [0.1, 0.15) is 6.07 Å². The molecular weight excluding hydrogens is 519 g/mol. The van der Waals surface area contributed by atoms with E-state index in [0.29, 0.717) is 5.56 Å². The number of alkyl halides is 3. The number of nitriles is 1. The average Bonchev–Trinajstić information content (AvgIpc) is 3.22. The van der Waals surface area contributed by atoms with Crippen LogP contribution in [0.3, 0.4) is 0 Å². The first-order valence-corrected chi connectivity index (χ1v) is 16.6. The minimum atomic E-state index is -0.884. The predicted octanol–water partition coefficient (Wildman–Crippen LogP) is 8.09. The van der Waals surface area contributed by atoms with Gasteiger partial charge in [0.25, 0.3) is 0 Å². The third-order valence-electron chi connectivity index (χ3n) is 6.13. The van der Waals surface area contributed by atoms with Gasteiger partial charge < -0.3 is 0 Å². The van der Waals surface area contributed by atoms with Crippen LogP contribution < -0.4 is 0 Å². The zero-order valence-electron chi connectivity index (χ0n) is 18.4. The molecule has 0 fully saturated rings.